The molecular formula is C16H15ClN2O3. The van der Waals surface area contributed by atoms with Gasteiger partial charge in [0.25, 0.3) is 0 Å². The second-order valence-electron chi connectivity index (χ2n) is 4.83. The summed E-state index contributed by atoms with van der Waals surface area (Å²) in [5.74, 6) is 1.21. The third-order valence-electron chi connectivity index (χ3n) is 3.55. The first-order chi connectivity index (χ1) is 10.7. The Kier molecular flexibility index (Phi) is 4.15. The first-order valence-corrected chi connectivity index (χ1v) is 7.27. The Balaban J connectivity index is 1.88. The Morgan fingerprint density at radius 3 is 3.14 bits per heavy atom. The van der Waals surface area contributed by atoms with Crippen LogP contribution in [-0.4, -0.2) is 31.2 Å². The van der Waals surface area contributed by atoms with Gasteiger partial charge in [0.2, 0.25) is 5.91 Å². The maximum atomic E-state index is 12.7. The van der Waals surface area contributed by atoms with Gasteiger partial charge in [0.15, 0.2) is 0 Å². The first-order valence-electron chi connectivity index (χ1n) is 6.89. The van der Waals surface area contributed by atoms with Crippen molar-refractivity contribution in [1.29, 1.82) is 0 Å². The van der Waals surface area contributed by atoms with Crippen molar-refractivity contribution >= 4 is 23.2 Å². The van der Waals surface area contributed by atoms with E-state index in [4.69, 9.17) is 21.1 Å². The molecular weight excluding hydrogens is 304 g/mol. The Morgan fingerprint density at radius 1 is 1.45 bits per heavy atom. The van der Waals surface area contributed by atoms with E-state index in [0.29, 0.717) is 40.9 Å². The molecule has 22 heavy (non-hydrogen) atoms. The van der Waals surface area contributed by atoms with Gasteiger partial charge in [0.05, 0.1) is 26.3 Å². The minimum absolute atomic E-state index is 0.0658. The van der Waals surface area contributed by atoms with Crippen LogP contribution < -0.4 is 14.4 Å². The molecule has 3 rings (SSSR count). The summed E-state index contributed by atoms with van der Waals surface area (Å²) >= 11 is 6.20. The number of anilines is 1. The number of nitrogens with zero attached hydrogens (tertiary/aromatic N) is 2. The number of carbonyl (C=O) groups is 1. The number of halogens is 1. The van der Waals surface area contributed by atoms with Gasteiger partial charge in [-0.2, -0.15) is 0 Å². The van der Waals surface area contributed by atoms with Gasteiger partial charge < -0.3 is 14.4 Å². The molecule has 2 heterocycles. The number of aromatic nitrogens is 1. The summed E-state index contributed by atoms with van der Waals surface area (Å²) in [5, 5.41) is 0.521. The van der Waals surface area contributed by atoms with Crippen molar-refractivity contribution in [2.24, 2.45) is 0 Å². The molecule has 6 heteroatoms. The lowest BCUT2D eigenvalue weighted by atomic mass is 10.1. The summed E-state index contributed by atoms with van der Waals surface area (Å²) < 4.78 is 10.8. The largest absolute Gasteiger partial charge is 0.496 e. The SMILES string of the molecule is COc1cccc(Cl)c1CC(=O)N1CCOc2ccncc21. The van der Waals surface area contributed by atoms with Gasteiger partial charge in [-0.15, -0.1) is 0 Å². The molecule has 1 amide bonds. The number of hydrogen-bond donors (Lipinski definition) is 0. The molecule has 1 aromatic heterocycles. The van der Waals surface area contributed by atoms with Crippen LogP contribution in [0.25, 0.3) is 0 Å². The van der Waals surface area contributed by atoms with Gasteiger partial charge in [0.1, 0.15) is 23.8 Å². The van der Waals surface area contributed by atoms with Crippen molar-refractivity contribution in [3.63, 3.8) is 0 Å². The van der Waals surface area contributed by atoms with E-state index < -0.39 is 0 Å². The standard InChI is InChI=1S/C16H15ClN2O3/c1-21-14-4-2-3-12(17)11(14)9-16(20)19-7-8-22-15-5-6-18-10-13(15)19/h2-6,10H,7-9H2,1H3. The molecule has 0 fully saturated rings. The van der Waals surface area contributed by atoms with E-state index in [-0.39, 0.29) is 12.3 Å². The Bertz CT molecular complexity index is 706. The zero-order valence-electron chi connectivity index (χ0n) is 12.1. The van der Waals surface area contributed by atoms with E-state index in [1.54, 1.807) is 48.7 Å². The fourth-order valence-corrected chi connectivity index (χ4v) is 2.71. The quantitative estimate of drug-likeness (QED) is 0.873. The summed E-state index contributed by atoms with van der Waals surface area (Å²) in [5.41, 5.74) is 1.37. The highest BCUT2D eigenvalue weighted by atomic mass is 35.5. The van der Waals surface area contributed by atoms with Crippen molar-refractivity contribution in [1.82, 2.24) is 4.98 Å². The zero-order valence-corrected chi connectivity index (χ0v) is 12.8. The smallest absolute Gasteiger partial charge is 0.231 e. The Morgan fingerprint density at radius 2 is 2.32 bits per heavy atom. The van der Waals surface area contributed by atoms with E-state index in [9.17, 15) is 4.79 Å². The van der Waals surface area contributed by atoms with Crippen LogP contribution in [0.2, 0.25) is 5.02 Å². The number of rotatable bonds is 3. The lowest BCUT2D eigenvalue weighted by Gasteiger charge is -2.29. The number of pyridine rings is 1. The predicted octanol–water partition coefficient (Wildman–Crippen LogP) is 2.71. The third-order valence-corrected chi connectivity index (χ3v) is 3.90. The molecule has 0 radical (unpaired) electrons. The van der Waals surface area contributed by atoms with Crippen molar-refractivity contribution in [3.05, 3.63) is 47.2 Å². The maximum absolute atomic E-state index is 12.7. The normalized spacial score (nSPS) is 13.3. The minimum Gasteiger partial charge on any atom is -0.496 e. The average molecular weight is 319 g/mol. The van der Waals surface area contributed by atoms with E-state index >= 15 is 0 Å². The monoisotopic (exact) mass is 318 g/mol. The number of carbonyl (C=O) groups excluding carboxylic acids is 1. The highest BCUT2D eigenvalue weighted by Gasteiger charge is 2.25. The molecule has 114 valence electrons. The van der Waals surface area contributed by atoms with Gasteiger partial charge >= 0.3 is 0 Å². The van der Waals surface area contributed by atoms with Crippen molar-refractivity contribution < 1.29 is 14.3 Å². The fourth-order valence-electron chi connectivity index (χ4n) is 2.47. The molecule has 1 aliphatic heterocycles. The summed E-state index contributed by atoms with van der Waals surface area (Å²) in [7, 11) is 1.56. The van der Waals surface area contributed by atoms with Gasteiger partial charge in [-0.1, -0.05) is 17.7 Å². The molecule has 0 atom stereocenters. The third kappa shape index (κ3) is 2.72. The molecule has 0 N–H and O–H groups in total. The average Bonchev–Trinajstić information content (AvgIpc) is 2.56. The number of methoxy groups -OCH3 is 1. The molecule has 1 aliphatic rings. The lowest BCUT2D eigenvalue weighted by molar-refractivity contribution is -0.118. The first kappa shape index (κ1) is 14.7. The summed E-state index contributed by atoms with van der Waals surface area (Å²) in [4.78, 5) is 18.4. The predicted molar refractivity (Wildman–Crippen MR) is 83.8 cm³/mol. The highest BCUT2D eigenvalue weighted by molar-refractivity contribution is 6.31. The summed E-state index contributed by atoms with van der Waals surface area (Å²) in [6.07, 6.45) is 3.44. The minimum atomic E-state index is -0.0658. The summed E-state index contributed by atoms with van der Waals surface area (Å²) in [6, 6.07) is 7.10. The number of hydrogen-bond acceptors (Lipinski definition) is 4. The molecule has 0 spiro atoms. The van der Waals surface area contributed by atoms with Gasteiger partial charge in [-0.3, -0.25) is 9.78 Å². The molecule has 0 bridgehead atoms. The summed E-state index contributed by atoms with van der Waals surface area (Å²) in [6.45, 7) is 0.951. The zero-order chi connectivity index (χ0) is 15.5. The van der Waals surface area contributed by atoms with Crippen molar-refractivity contribution in [3.8, 4) is 11.5 Å². The lowest BCUT2D eigenvalue weighted by Crippen LogP contribution is -2.39. The molecule has 0 aliphatic carbocycles. The number of ether oxygens (including phenoxy) is 2. The number of amides is 1. The van der Waals surface area contributed by atoms with Crippen molar-refractivity contribution in [2.75, 3.05) is 25.2 Å². The van der Waals surface area contributed by atoms with Crippen LogP contribution in [0.15, 0.2) is 36.7 Å². The molecule has 0 unspecified atom stereocenters. The fraction of sp³-hybridized carbons (Fsp3) is 0.250. The Labute approximate surface area is 133 Å². The van der Waals surface area contributed by atoms with E-state index in [1.807, 2.05) is 0 Å². The van der Waals surface area contributed by atoms with Crippen LogP contribution in [0.3, 0.4) is 0 Å². The van der Waals surface area contributed by atoms with Crippen molar-refractivity contribution in [2.45, 2.75) is 6.42 Å². The van der Waals surface area contributed by atoms with Gasteiger partial charge in [0, 0.05) is 22.8 Å². The van der Waals surface area contributed by atoms with E-state index in [2.05, 4.69) is 4.98 Å². The molecule has 1 aromatic carbocycles. The second-order valence-corrected chi connectivity index (χ2v) is 5.24. The van der Waals surface area contributed by atoms with Crippen LogP contribution in [0, 0.1) is 0 Å². The van der Waals surface area contributed by atoms with Crippen LogP contribution in [0.4, 0.5) is 5.69 Å². The van der Waals surface area contributed by atoms with Gasteiger partial charge in [-0.05, 0) is 12.1 Å². The molecule has 5 nitrogen and oxygen atoms in total. The number of fused-ring (bicyclic) bond motifs is 1. The van der Waals surface area contributed by atoms with Crippen LogP contribution in [0.5, 0.6) is 11.5 Å². The van der Waals surface area contributed by atoms with Gasteiger partial charge in [-0.25, -0.2) is 0 Å². The van der Waals surface area contributed by atoms with Crippen LogP contribution in [-0.2, 0) is 11.2 Å². The topological polar surface area (TPSA) is 51.7 Å². The van der Waals surface area contributed by atoms with E-state index in [1.165, 1.54) is 0 Å². The Hall–Kier alpha value is -2.27. The van der Waals surface area contributed by atoms with E-state index in [0.717, 1.165) is 0 Å². The van der Waals surface area contributed by atoms with Crippen LogP contribution in [0.1, 0.15) is 5.56 Å². The second kappa shape index (κ2) is 6.23. The molecule has 0 saturated carbocycles. The maximum Gasteiger partial charge on any atom is 0.231 e. The molecule has 2 aromatic rings. The highest BCUT2D eigenvalue weighted by Crippen LogP contribution is 2.32. The molecule has 0 saturated heterocycles. The number of benzene rings is 1. The van der Waals surface area contributed by atoms with Crippen LogP contribution >= 0.6 is 11.6 Å².